The summed E-state index contributed by atoms with van der Waals surface area (Å²) in [6.07, 6.45) is 38.0. The Morgan fingerprint density at radius 3 is 1.59 bits per heavy atom. The number of fused-ring (bicyclic) bond motifs is 3. The van der Waals surface area contributed by atoms with E-state index in [1.54, 1.807) is 25.9 Å². The number of thiophene rings is 2. The van der Waals surface area contributed by atoms with Crippen LogP contribution in [0.1, 0.15) is 204 Å². The summed E-state index contributed by atoms with van der Waals surface area (Å²) in [5, 5.41) is 4.20. The van der Waals surface area contributed by atoms with Gasteiger partial charge in [-0.05, 0) is 66.7 Å². The van der Waals surface area contributed by atoms with Crippen LogP contribution in [0.3, 0.4) is 0 Å². The molecule has 0 amide bonds. The Balaban J connectivity index is 1.47. The van der Waals surface area contributed by atoms with Gasteiger partial charge in [0.1, 0.15) is 0 Å². The second kappa shape index (κ2) is 20.4. The highest BCUT2D eigenvalue weighted by Crippen LogP contribution is 2.61. The van der Waals surface area contributed by atoms with Crippen LogP contribution in [0.5, 0.6) is 0 Å². The standard InChI is InChI=1S/C41H69NS2/c1-4-7-10-13-16-17-18-19-20-23-28-35-34-43-40-38(35)41(29-24-21-14-11-8-5-2,30-25-22-15-12-9-6-3)36-33-37(44-39(36)40)42-31-26-27-32-42/h33-34H,4-32H2,1-3H3. The molecule has 1 nitrogen and oxygen atoms in total. The molecule has 3 heteroatoms. The maximum absolute atomic E-state index is 2.72. The van der Waals surface area contributed by atoms with Crippen LogP contribution in [-0.2, 0) is 11.8 Å². The largest absolute Gasteiger partial charge is 0.363 e. The molecular formula is C41H69NS2. The molecule has 0 radical (unpaired) electrons. The molecule has 1 fully saturated rings. The van der Waals surface area contributed by atoms with Crippen LogP contribution in [-0.4, -0.2) is 13.1 Å². The number of nitrogens with zero attached hydrogens (tertiary/aromatic N) is 1. The molecule has 0 saturated carbocycles. The lowest BCUT2D eigenvalue weighted by Crippen LogP contribution is -2.26. The van der Waals surface area contributed by atoms with Crippen molar-refractivity contribution in [2.45, 2.75) is 200 Å². The molecule has 2 aliphatic rings. The topological polar surface area (TPSA) is 3.24 Å². The molecule has 0 bridgehead atoms. The summed E-state index contributed by atoms with van der Waals surface area (Å²) in [4.78, 5) is 6.08. The Bertz CT molecular complexity index is 1010. The molecule has 250 valence electrons. The number of aryl methyl sites for hydroxylation is 1. The van der Waals surface area contributed by atoms with Crippen molar-refractivity contribution in [3.05, 3.63) is 28.1 Å². The molecule has 0 N–H and O–H groups in total. The van der Waals surface area contributed by atoms with Gasteiger partial charge in [-0.15, -0.1) is 22.7 Å². The molecule has 2 aromatic rings. The predicted octanol–water partition coefficient (Wildman–Crippen LogP) is 14.6. The second-order valence-electron chi connectivity index (χ2n) is 14.5. The van der Waals surface area contributed by atoms with Crippen molar-refractivity contribution in [3.63, 3.8) is 0 Å². The van der Waals surface area contributed by atoms with Crippen molar-refractivity contribution < 1.29 is 0 Å². The van der Waals surface area contributed by atoms with Gasteiger partial charge in [0.05, 0.1) is 9.88 Å². The van der Waals surface area contributed by atoms with Crippen molar-refractivity contribution in [2.24, 2.45) is 0 Å². The molecule has 0 aromatic carbocycles. The Hall–Kier alpha value is -0.800. The van der Waals surface area contributed by atoms with Gasteiger partial charge >= 0.3 is 0 Å². The van der Waals surface area contributed by atoms with E-state index in [4.69, 9.17) is 0 Å². The first kappa shape index (κ1) is 36.0. The van der Waals surface area contributed by atoms with Gasteiger partial charge in [0.15, 0.2) is 0 Å². The molecular weight excluding hydrogens is 571 g/mol. The Morgan fingerprint density at radius 1 is 0.591 bits per heavy atom. The lowest BCUT2D eigenvalue weighted by atomic mass is 9.70. The first-order valence-corrected chi connectivity index (χ1v) is 21.4. The molecule has 0 spiro atoms. The Morgan fingerprint density at radius 2 is 1.07 bits per heavy atom. The molecule has 4 rings (SSSR count). The number of unbranched alkanes of at least 4 members (excludes halogenated alkanes) is 19. The van der Waals surface area contributed by atoms with Crippen molar-refractivity contribution in [2.75, 3.05) is 18.0 Å². The first-order valence-electron chi connectivity index (χ1n) is 19.8. The zero-order valence-electron chi connectivity index (χ0n) is 29.4. The van der Waals surface area contributed by atoms with Crippen LogP contribution in [0.15, 0.2) is 11.4 Å². The maximum atomic E-state index is 2.72. The molecule has 2 aromatic heterocycles. The van der Waals surface area contributed by atoms with Crippen molar-refractivity contribution in [1.82, 2.24) is 0 Å². The summed E-state index contributed by atoms with van der Waals surface area (Å²) >= 11 is 4.27. The van der Waals surface area contributed by atoms with E-state index in [1.807, 2.05) is 5.56 Å². The number of hydrogen-bond donors (Lipinski definition) is 0. The predicted molar refractivity (Wildman–Crippen MR) is 201 cm³/mol. The average molecular weight is 640 g/mol. The van der Waals surface area contributed by atoms with Crippen LogP contribution < -0.4 is 4.90 Å². The van der Waals surface area contributed by atoms with Gasteiger partial charge in [-0.3, -0.25) is 0 Å². The van der Waals surface area contributed by atoms with Gasteiger partial charge in [-0.25, -0.2) is 0 Å². The van der Waals surface area contributed by atoms with Crippen molar-refractivity contribution in [3.8, 4) is 9.75 Å². The van der Waals surface area contributed by atoms with E-state index in [-0.39, 0.29) is 5.41 Å². The third-order valence-corrected chi connectivity index (χ3v) is 13.3. The highest BCUT2D eigenvalue weighted by Gasteiger charge is 2.46. The van der Waals surface area contributed by atoms with E-state index in [1.165, 1.54) is 186 Å². The molecule has 1 aliphatic carbocycles. The first-order chi connectivity index (χ1) is 21.7. The van der Waals surface area contributed by atoms with Gasteiger partial charge in [0, 0.05) is 23.4 Å². The highest BCUT2D eigenvalue weighted by atomic mass is 32.1. The van der Waals surface area contributed by atoms with E-state index in [0.29, 0.717) is 0 Å². The van der Waals surface area contributed by atoms with E-state index in [9.17, 15) is 0 Å². The zero-order chi connectivity index (χ0) is 30.9. The smallest absolute Gasteiger partial charge is 0.0918 e. The minimum absolute atomic E-state index is 0.280. The van der Waals surface area contributed by atoms with E-state index < -0.39 is 0 Å². The summed E-state index contributed by atoms with van der Waals surface area (Å²) in [6, 6.07) is 2.72. The second-order valence-corrected chi connectivity index (χ2v) is 16.4. The van der Waals surface area contributed by atoms with Crippen LogP contribution in [0.4, 0.5) is 5.00 Å². The molecule has 1 saturated heterocycles. The Labute approximate surface area is 282 Å². The summed E-state index contributed by atoms with van der Waals surface area (Å²) in [7, 11) is 0. The summed E-state index contributed by atoms with van der Waals surface area (Å²) < 4.78 is 0. The van der Waals surface area contributed by atoms with Crippen LogP contribution >= 0.6 is 22.7 Å². The highest BCUT2D eigenvalue weighted by molar-refractivity contribution is 7.24. The molecule has 0 atom stereocenters. The van der Waals surface area contributed by atoms with Crippen molar-refractivity contribution >= 4 is 27.7 Å². The van der Waals surface area contributed by atoms with Crippen LogP contribution in [0, 0.1) is 0 Å². The summed E-state index contributed by atoms with van der Waals surface area (Å²) in [5.41, 5.74) is 5.61. The number of anilines is 1. The fourth-order valence-corrected chi connectivity index (χ4v) is 10.9. The maximum Gasteiger partial charge on any atom is 0.0918 e. The number of hydrogen-bond acceptors (Lipinski definition) is 3. The fraction of sp³-hybridized carbons (Fsp3) is 0.805. The average Bonchev–Trinajstić information content (AvgIpc) is 3.83. The third-order valence-electron chi connectivity index (χ3n) is 10.9. The summed E-state index contributed by atoms with van der Waals surface area (Å²) in [5.74, 6) is 0. The van der Waals surface area contributed by atoms with E-state index >= 15 is 0 Å². The van der Waals surface area contributed by atoms with Gasteiger partial charge in [0.2, 0.25) is 0 Å². The quantitative estimate of drug-likeness (QED) is 0.0926. The van der Waals surface area contributed by atoms with Crippen molar-refractivity contribution in [1.29, 1.82) is 0 Å². The lowest BCUT2D eigenvalue weighted by molar-refractivity contribution is 0.396. The normalized spacial score (nSPS) is 15.4. The molecule has 44 heavy (non-hydrogen) atoms. The number of rotatable bonds is 26. The Kier molecular flexibility index (Phi) is 16.7. The molecule has 1 aliphatic heterocycles. The van der Waals surface area contributed by atoms with Gasteiger partial charge in [0.25, 0.3) is 0 Å². The molecule has 0 unspecified atom stereocenters. The van der Waals surface area contributed by atoms with Crippen LogP contribution in [0.25, 0.3) is 9.75 Å². The van der Waals surface area contributed by atoms with E-state index in [0.717, 1.165) is 0 Å². The van der Waals surface area contributed by atoms with E-state index in [2.05, 4.69) is 59.8 Å². The van der Waals surface area contributed by atoms with Gasteiger partial charge < -0.3 is 4.90 Å². The third kappa shape index (κ3) is 10.1. The lowest BCUT2D eigenvalue weighted by Gasteiger charge is -2.33. The van der Waals surface area contributed by atoms with Gasteiger partial charge in [-0.1, -0.05) is 156 Å². The minimum Gasteiger partial charge on any atom is -0.363 e. The van der Waals surface area contributed by atoms with Crippen LogP contribution in [0.2, 0.25) is 0 Å². The molecule has 3 heterocycles. The zero-order valence-corrected chi connectivity index (χ0v) is 31.1. The SMILES string of the molecule is CCCCCCCCCCCCc1csc2c1C(CCCCCCCC)(CCCCCCCC)c1cc(N3CCCC3)sc1-2. The minimum atomic E-state index is 0.280. The monoisotopic (exact) mass is 639 g/mol. The fourth-order valence-electron chi connectivity index (χ4n) is 8.26. The summed E-state index contributed by atoms with van der Waals surface area (Å²) in [6.45, 7) is 9.54. The van der Waals surface area contributed by atoms with Gasteiger partial charge in [-0.2, -0.15) is 0 Å².